The van der Waals surface area contributed by atoms with Crippen LogP contribution < -0.4 is 9.04 Å². The summed E-state index contributed by atoms with van der Waals surface area (Å²) >= 11 is 0. The molecular formula is C23H31F6N3O5S2. The summed E-state index contributed by atoms with van der Waals surface area (Å²) < 4.78 is 135. The van der Waals surface area contributed by atoms with Crippen LogP contribution in [0, 0.1) is 0 Å². The molecule has 0 aliphatic heterocycles. The van der Waals surface area contributed by atoms with E-state index in [-0.39, 0.29) is 32.9 Å². The predicted molar refractivity (Wildman–Crippen MR) is 134 cm³/mol. The van der Waals surface area contributed by atoms with Crippen LogP contribution in [0.15, 0.2) is 30.5 Å². The van der Waals surface area contributed by atoms with Crippen LogP contribution >= 0.6 is 0 Å². The van der Waals surface area contributed by atoms with E-state index in [1.807, 2.05) is 6.92 Å². The van der Waals surface area contributed by atoms with Gasteiger partial charge in [0, 0.05) is 23.2 Å². The summed E-state index contributed by atoms with van der Waals surface area (Å²) in [5.74, 6) is -4.29. The van der Waals surface area contributed by atoms with Crippen LogP contribution in [-0.2, 0) is 32.0 Å². The molecule has 0 saturated heterocycles. The van der Waals surface area contributed by atoms with Crippen molar-refractivity contribution in [2.75, 3.05) is 15.8 Å². The monoisotopic (exact) mass is 607 g/mol. The molecule has 0 bridgehead atoms. The minimum absolute atomic E-state index is 0.0803. The fourth-order valence-corrected chi connectivity index (χ4v) is 6.13. The summed E-state index contributed by atoms with van der Waals surface area (Å²) in [6.45, 7) is 7.47. The maximum absolute atomic E-state index is 13.3. The lowest BCUT2D eigenvalue weighted by molar-refractivity contribution is -0.107. The summed E-state index contributed by atoms with van der Waals surface area (Å²) in [7, 11) is -10.2. The predicted octanol–water partition coefficient (Wildman–Crippen LogP) is 5.39. The highest BCUT2D eigenvalue weighted by molar-refractivity contribution is 7.92. The average Bonchev–Trinajstić information content (AvgIpc) is 3.14. The number of hydrogen-bond acceptors (Lipinski definition) is 6. The number of ether oxygens (including phenoxy) is 1. The molecule has 0 spiro atoms. The van der Waals surface area contributed by atoms with Gasteiger partial charge in [-0.15, -0.1) is 0 Å². The van der Waals surface area contributed by atoms with Gasteiger partial charge in [0.25, 0.3) is 10.0 Å². The highest BCUT2D eigenvalue weighted by atomic mass is 32.2. The molecule has 39 heavy (non-hydrogen) atoms. The topological polar surface area (TPSA) is 98.6 Å². The third kappa shape index (κ3) is 9.58. The van der Waals surface area contributed by atoms with Crippen molar-refractivity contribution in [1.29, 1.82) is 0 Å². The van der Waals surface area contributed by atoms with Gasteiger partial charge in [-0.2, -0.15) is 35.5 Å². The molecule has 1 aromatic heterocycles. The third-order valence-electron chi connectivity index (χ3n) is 5.24. The lowest BCUT2D eigenvalue weighted by atomic mass is 9.89. The van der Waals surface area contributed by atoms with Crippen molar-refractivity contribution >= 4 is 25.7 Å². The number of alkyl halides is 6. The molecule has 2 rings (SSSR count). The van der Waals surface area contributed by atoms with Gasteiger partial charge in [0.1, 0.15) is 5.75 Å². The number of halogens is 6. The van der Waals surface area contributed by atoms with Crippen LogP contribution in [0.5, 0.6) is 5.75 Å². The zero-order chi connectivity index (χ0) is 30.0. The van der Waals surface area contributed by atoms with E-state index < -0.39 is 55.9 Å². The molecule has 1 unspecified atom stereocenters. The molecule has 1 atom stereocenters. The molecule has 1 heterocycles. The summed E-state index contributed by atoms with van der Waals surface area (Å²) in [6, 6.07) is 5.32. The first kappa shape index (κ1) is 32.7. The Morgan fingerprint density at radius 2 is 1.59 bits per heavy atom. The SMILES string of the molecule is CCCC(C)Oc1cccc(N(Cc2cn(S(=O)(=O)CC(F)(F)F)nc2C(C)(C)C)S(=O)(=O)CC(F)(F)F)c1. The molecule has 8 nitrogen and oxygen atoms in total. The van der Waals surface area contributed by atoms with Gasteiger partial charge in [0.15, 0.2) is 11.5 Å². The van der Waals surface area contributed by atoms with Gasteiger partial charge < -0.3 is 4.74 Å². The molecule has 0 amide bonds. The summed E-state index contributed by atoms with van der Waals surface area (Å²) in [5.41, 5.74) is -1.53. The van der Waals surface area contributed by atoms with Crippen LogP contribution in [0.2, 0.25) is 0 Å². The minimum Gasteiger partial charge on any atom is -0.491 e. The Morgan fingerprint density at radius 3 is 2.10 bits per heavy atom. The van der Waals surface area contributed by atoms with Crippen molar-refractivity contribution in [1.82, 2.24) is 9.19 Å². The van der Waals surface area contributed by atoms with Crippen molar-refractivity contribution < 1.29 is 47.9 Å². The van der Waals surface area contributed by atoms with Crippen LogP contribution in [-0.4, -0.2) is 56.0 Å². The second kappa shape index (κ2) is 11.6. The molecule has 0 saturated carbocycles. The number of sulfonamides is 1. The zero-order valence-corrected chi connectivity index (χ0v) is 23.6. The first-order valence-electron chi connectivity index (χ1n) is 11.8. The second-order valence-corrected chi connectivity index (χ2v) is 13.8. The normalized spacial score (nSPS) is 14.3. The fourth-order valence-electron chi connectivity index (χ4n) is 3.75. The van der Waals surface area contributed by atoms with E-state index in [4.69, 9.17) is 4.74 Å². The van der Waals surface area contributed by atoms with Gasteiger partial charge in [0.05, 0.1) is 24.0 Å². The Labute approximate surface area is 224 Å². The van der Waals surface area contributed by atoms with E-state index in [0.717, 1.165) is 6.42 Å². The Bertz CT molecular complexity index is 1350. The van der Waals surface area contributed by atoms with Gasteiger partial charge in [0.2, 0.25) is 10.0 Å². The van der Waals surface area contributed by atoms with Gasteiger partial charge in [-0.1, -0.05) is 40.2 Å². The number of nitrogens with zero attached hydrogens (tertiary/aromatic N) is 3. The fraction of sp³-hybridized carbons (Fsp3) is 0.609. The number of benzene rings is 1. The van der Waals surface area contributed by atoms with Crippen molar-refractivity contribution in [3.63, 3.8) is 0 Å². The Hall–Kier alpha value is -2.49. The van der Waals surface area contributed by atoms with Crippen LogP contribution in [0.1, 0.15) is 58.7 Å². The second-order valence-electron chi connectivity index (χ2n) is 10.1. The van der Waals surface area contributed by atoms with E-state index in [1.165, 1.54) is 45.0 Å². The van der Waals surface area contributed by atoms with Crippen LogP contribution in [0.4, 0.5) is 32.0 Å². The van der Waals surface area contributed by atoms with E-state index in [9.17, 15) is 43.2 Å². The maximum Gasteiger partial charge on any atom is 0.404 e. The quantitative estimate of drug-likeness (QED) is 0.318. The maximum atomic E-state index is 13.3. The summed E-state index contributed by atoms with van der Waals surface area (Å²) in [5, 5.41) is 3.78. The van der Waals surface area contributed by atoms with Gasteiger partial charge in [-0.05, 0) is 25.5 Å². The van der Waals surface area contributed by atoms with Gasteiger partial charge in [-0.3, -0.25) is 4.31 Å². The smallest absolute Gasteiger partial charge is 0.404 e. The van der Waals surface area contributed by atoms with Crippen molar-refractivity contribution in [2.24, 2.45) is 0 Å². The molecule has 0 fully saturated rings. The number of hydrogen-bond donors (Lipinski definition) is 0. The summed E-state index contributed by atoms with van der Waals surface area (Å²) in [6.07, 6.45) is -8.36. The van der Waals surface area contributed by atoms with Gasteiger partial charge in [-0.25, -0.2) is 16.8 Å². The lowest BCUT2D eigenvalue weighted by Gasteiger charge is -2.27. The molecule has 222 valence electrons. The first-order chi connectivity index (χ1) is 17.5. The molecule has 0 aliphatic rings. The number of aromatic nitrogens is 2. The Balaban J connectivity index is 2.67. The van der Waals surface area contributed by atoms with E-state index in [0.29, 0.717) is 16.9 Å². The largest absolute Gasteiger partial charge is 0.491 e. The zero-order valence-electron chi connectivity index (χ0n) is 22.0. The van der Waals surface area contributed by atoms with E-state index in [1.54, 1.807) is 6.92 Å². The van der Waals surface area contributed by atoms with E-state index in [2.05, 4.69) is 5.10 Å². The van der Waals surface area contributed by atoms with E-state index >= 15 is 0 Å². The molecule has 0 radical (unpaired) electrons. The van der Waals surface area contributed by atoms with Crippen molar-refractivity contribution in [3.8, 4) is 5.75 Å². The van der Waals surface area contributed by atoms with Crippen molar-refractivity contribution in [3.05, 3.63) is 41.7 Å². The highest BCUT2D eigenvalue weighted by Gasteiger charge is 2.41. The minimum atomic E-state index is -5.12. The highest BCUT2D eigenvalue weighted by Crippen LogP contribution is 2.33. The van der Waals surface area contributed by atoms with Crippen molar-refractivity contribution in [2.45, 2.75) is 77.9 Å². The summed E-state index contributed by atoms with van der Waals surface area (Å²) in [4.78, 5) is 0. The Kier molecular flexibility index (Phi) is 9.69. The number of anilines is 1. The lowest BCUT2D eigenvalue weighted by Crippen LogP contribution is -2.38. The van der Waals surface area contributed by atoms with Gasteiger partial charge >= 0.3 is 12.4 Å². The Morgan fingerprint density at radius 1 is 1.00 bits per heavy atom. The van der Waals surface area contributed by atoms with Crippen LogP contribution in [0.3, 0.4) is 0 Å². The first-order valence-corrected chi connectivity index (χ1v) is 15.0. The van der Waals surface area contributed by atoms with Crippen LogP contribution in [0.25, 0.3) is 0 Å². The number of rotatable bonds is 11. The molecule has 2 aromatic rings. The molecular weight excluding hydrogens is 576 g/mol. The standard InChI is InChI=1S/C23H31F6N3O5S2/c1-6-8-16(2)37-19-10-7-9-18(11-19)31(38(33,34)14-22(24,25)26)12-17-13-32(30-20(17)21(3,4)5)39(35,36)15-23(27,28)29/h7,9-11,13,16H,6,8,12,14-15H2,1-5H3. The molecule has 0 aliphatic carbocycles. The molecule has 16 heteroatoms. The average molecular weight is 608 g/mol. The molecule has 1 aromatic carbocycles. The third-order valence-corrected chi connectivity index (χ3v) is 8.40. The molecule has 0 N–H and O–H groups in total.